The minimum absolute atomic E-state index is 0.210. The van der Waals surface area contributed by atoms with Crippen LogP contribution in [0.3, 0.4) is 0 Å². The monoisotopic (exact) mass is 224 g/mol. The molecule has 5 heteroatoms. The highest BCUT2D eigenvalue weighted by molar-refractivity contribution is 5.99. The molecule has 1 atom stereocenters. The number of ether oxygens (including phenoxy) is 1. The molecule has 0 aliphatic carbocycles. The third kappa shape index (κ3) is 2.43. The van der Waals surface area contributed by atoms with Crippen molar-refractivity contribution in [2.75, 3.05) is 26.7 Å². The van der Waals surface area contributed by atoms with Gasteiger partial charge >= 0.3 is 0 Å². The molecule has 1 aromatic heterocycles. The number of morpholine rings is 1. The maximum absolute atomic E-state index is 12.9. The number of pyridine rings is 1. The summed E-state index contributed by atoms with van der Waals surface area (Å²) in [6, 6.07) is 1.19. The molecule has 0 spiro atoms. The Morgan fingerprint density at radius 1 is 1.62 bits per heavy atom. The van der Waals surface area contributed by atoms with Crippen molar-refractivity contribution in [2.45, 2.75) is 6.10 Å². The van der Waals surface area contributed by atoms with Gasteiger partial charge in [0.25, 0.3) is 0 Å². The maximum atomic E-state index is 12.9. The first-order chi connectivity index (χ1) is 7.66. The minimum Gasteiger partial charge on any atom is -0.367 e. The number of carbonyl (C=O) groups is 1. The van der Waals surface area contributed by atoms with Crippen molar-refractivity contribution in [1.29, 1.82) is 0 Å². The maximum Gasteiger partial charge on any atom is 0.194 e. The van der Waals surface area contributed by atoms with Gasteiger partial charge in [0.1, 0.15) is 11.9 Å². The summed E-state index contributed by atoms with van der Waals surface area (Å²) >= 11 is 0. The molecule has 1 unspecified atom stereocenters. The van der Waals surface area contributed by atoms with Gasteiger partial charge in [-0.25, -0.2) is 4.39 Å². The Morgan fingerprint density at radius 2 is 2.44 bits per heavy atom. The van der Waals surface area contributed by atoms with E-state index in [4.69, 9.17) is 4.74 Å². The lowest BCUT2D eigenvalue weighted by Gasteiger charge is -2.28. The van der Waals surface area contributed by atoms with Gasteiger partial charge in [0, 0.05) is 24.8 Å². The Kier molecular flexibility index (Phi) is 3.26. The Bertz CT molecular complexity index is 397. The number of aromatic nitrogens is 1. The third-order valence-corrected chi connectivity index (χ3v) is 2.55. The van der Waals surface area contributed by atoms with Gasteiger partial charge in [0.15, 0.2) is 5.78 Å². The van der Waals surface area contributed by atoms with Crippen molar-refractivity contribution < 1.29 is 13.9 Å². The first-order valence-electron chi connectivity index (χ1n) is 5.12. The molecule has 1 saturated heterocycles. The van der Waals surface area contributed by atoms with Crippen molar-refractivity contribution in [1.82, 2.24) is 9.88 Å². The van der Waals surface area contributed by atoms with Crippen LogP contribution in [0, 0.1) is 5.82 Å². The number of ketones is 1. The Morgan fingerprint density at radius 3 is 3.12 bits per heavy atom. The SMILES string of the molecule is CN1CCOC(C(=O)c2cncc(F)c2)C1. The van der Waals surface area contributed by atoms with Crippen LogP contribution in [0.15, 0.2) is 18.5 Å². The Hall–Kier alpha value is -1.33. The molecule has 0 amide bonds. The molecule has 86 valence electrons. The summed E-state index contributed by atoms with van der Waals surface area (Å²) in [7, 11) is 1.92. The van der Waals surface area contributed by atoms with Crippen molar-refractivity contribution in [2.24, 2.45) is 0 Å². The van der Waals surface area contributed by atoms with Crippen molar-refractivity contribution in [3.8, 4) is 0 Å². The lowest BCUT2D eigenvalue weighted by molar-refractivity contribution is -0.00866. The standard InChI is InChI=1S/C11H13FN2O2/c1-14-2-3-16-10(7-14)11(15)8-4-9(12)6-13-5-8/h4-6,10H,2-3,7H2,1H3. The third-order valence-electron chi connectivity index (χ3n) is 2.55. The normalized spacial score (nSPS) is 22.0. The minimum atomic E-state index is -0.512. The van der Waals surface area contributed by atoms with Gasteiger partial charge in [-0.15, -0.1) is 0 Å². The van der Waals surface area contributed by atoms with E-state index in [9.17, 15) is 9.18 Å². The first kappa shape index (κ1) is 11.2. The zero-order valence-corrected chi connectivity index (χ0v) is 9.02. The van der Waals surface area contributed by atoms with Crippen LogP contribution in [0.25, 0.3) is 0 Å². The average Bonchev–Trinajstić information content (AvgIpc) is 2.28. The zero-order valence-electron chi connectivity index (χ0n) is 9.02. The largest absolute Gasteiger partial charge is 0.367 e. The second kappa shape index (κ2) is 4.67. The summed E-state index contributed by atoms with van der Waals surface area (Å²) < 4.78 is 18.3. The molecule has 4 nitrogen and oxygen atoms in total. The van der Waals surface area contributed by atoms with Crippen LogP contribution >= 0.6 is 0 Å². The number of likely N-dealkylation sites (N-methyl/N-ethyl adjacent to an activating group) is 1. The molecule has 1 fully saturated rings. The van der Waals surface area contributed by atoms with Gasteiger partial charge < -0.3 is 9.64 Å². The fourth-order valence-corrected chi connectivity index (χ4v) is 1.67. The molecule has 1 aliphatic heterocycles. The van der Waals surface area contributed by atoms with Crippen LogP contribution in [0.4, 0.5) is 4.39 Å². The van der Waals surface area contributed by atoms with E-state index in [1.54, 1.807) is 0 Å². The number of nitrogens with zero attached hydrogens (tertiary/aromatic N) is 2. The van der Waals surface area contributed by atoms with Crippen LogP contribution in [-0.2, 0) is 4.74 Å². The molecular weight excluding hydrogens is 211 g/mol. The Labute approximate surface area is 93.0 Å². The van der Waals surface area contributed by atoms with Crippen LogP contribution in [0.2, 0.25) is 0 Å². The molecule has 0 radical (unpaired) electrons. The number of Topliss-reactive ketones (excluding diaryl/α,β-unsaturated/α-hetero) is 1. The highest BCUT2D eigenvalue weighted by Crippen LogP contribution is 2.11. The summed E-state index contributed by atoms with van der Waals surface area (Å²) in [6.07, 6.45) is 1.93. The number of halogens is 1. The average molecular weight is 224 g/mol. The fourth-order valence-electron chi connectivity index (χ4n) is 1.67. The van der Waals surface area contributed by atoms with E-state index in [2.05, 4.69) is 4.98 Å². The van der Waals surface area contributed by atoms with E-state index in [-0.39, 0.29) is 11.3 Å². The first-order valence-corrected chi connectivity index (χ1v) is 5.12. The fraction of sp³-hybridized carbons (Fsp3) is 0.455. The van der Waals surface area contributed by atoms with Crippen LogP contribution < -0.4 is 0 Å². The smallest absolute Gasteiger partial charge is 0.194 e. The van der Waals surface area contributed by atoms with E-state index in [1.807, 2.05) is 11.9 Å². The Balaban J connectivity index is 2.12. The quantitative estimate of drug-likeness (QED) is 0.695. The van der Waals surface area contributed by atoms with Gasteiger partial charge in [0.2, 0.25) is 0 Å². The van der Waals surface area contributed by atoms with Gasteiger partial charge in [-0.2, -0.15) is 0 Å². The van der Waals surface area contributed by atoms with Gasteiger partial charge in [0.05, 0.1) is 12.8 Å². The van der Waals surface area contributed by atoms with Crippen LogP contribution in [-0.4, -0.2) is 48.5 Å². The predicted octanol–water partition coefficient (Wildman–Crippen LogP) is 0.734. The van der Waals surface area contributed by atoms with Crippen molar-refractivity contribution >= 4 is 5.78 Å². The lowest BCUT2D eigenvalue weighted by Crippen LogP contribution is -2.44. The van der Waals surface area contributed by atoms with Crippen molar-refractivity contribution in [3.05, 3.63) is 29.8 Å². The summed E-state index contributed by atoms with van der Waals surface area (Å²) in [5.41, 5.74) is 0.264. The molecule has 0 saturated carbocycles. The summed E-state index contributed by atoms with van der Waals surface area (Å²) in [5, 5.41) is 0. The van der Waals surface area contributed by atoms with Gasteiger partial charge in [-0.05, 0) is 13.1 Å². The van der Waals surface area contributed by atoms with Gasteiger partial charge in [-0.3, -0.25) is 9.78 Å². The predicted molar refractivity (Wildman–Crippen MR) is 55.8 cm³/mol. The molecular formula is C11H13FN2O2. The summed E-state index contributed by atoms with van der Waals surface area (Å²) in [4.78, 5) is 17.6. The summed E-state index contributed by atoms with van der Waals surface area (Å²) in [5.74, 6) is -0.714. The molecule has 0 aromatic carbocycles. The lowest BCUT2D eigenvalue weighted by atomic mass is 10.1. The van der Waals surface area contributed by atoms with Crippen LogP contribution in [0.1, 0.15) is 10.4 Å². The molecule has 16 heavy (non-hydrogen) atoms. The number of hydrogen-bond donors (Lipinski definition) is 0. The highest BCUT2D eigenvalue weighted by atomic mass is 19.1. The van der Waals surface area contributed by atoms with E-state index in [0.29, 0.717) is 13.2 Å². The number of rotatable bonds is 2. The van der Waals surface area contributed by atoms with E-state index in [0.717, 1.165) is 12.7 Å². The molecule has 1 aromatic rings. The second-order valence-electron chi connectivity index (χ2n) is 3.88. The van der Waals surface area contributed by atoms with E-state index < -0.39 is 11.9 Å². The zero-order chi connectivity index (χ0) is 11.5. The number of hydrogen-bond acceptors (Lipinski definition) is 4. The van der Waals surface area contributed by atoms with E-state index >= 15 is 0 Å². The topological polar surface area (TPSA) is 42.4 Å². The summed E-state index contributed by atoms with van der Waals surface area (Å²) in [6.45, 7) is 1.87. The molecule has 2 heterocycles. The molecule has 2 rings (SSSR count). The highest BCUT2D eigenvalue weighted by Gasteiger charge is 2.26. The second-order valence-corrected chi connectivity index (χ2v) is 3.88. The molecule has 0 bridgehead atoms. The molecule has 1 aliphatic rings. The van der Waals surface area contributed by atoms with Gasteiger partial charge in [-0.1, -0.05) is 0 Å². The van der Waals surface area contributed by atoms with Crippen molar-refractivity contribution in [3.63, 3.8) is 0 Å². The van der Waals surface area contributed by atoms with Crippen LogP contribution in [0.5, 0.6) is 0 Å². The van der Waals surface area contributed by atoms with E-state index in [1.165, 1.54) is 12.3 Å². The molecule has 0 N–H and O–H groups in total. The number of carbonyl (C=O) groups excluding carboxylic acids is 1.